The molecule has 104 valence electrons. The van der Waals surface area contributed by atoms with Crippen molar-refractivity contribution in [1.29, 1.82) is 0 Å². The van der Waals surface area contributed by atoms with Gasteiger partial charge >= 0.3 is 0 Å². The lowest BCUT2D eigenvalue weighted by atomic mass is 9.96. The van der Waals surface area contributed by atoms with Gasteiger partial charge < -0.3 is 20.1 Å². The Morgan fingerprint density at radius 1 is 1.32 bits per heavy atom. The first-order valence-electron chi connectivity index (χ1n) is 7.18. The first-order chi connectivity index (χ1) is 9.33. The van der Waals surface area contributed by atoms with Crippen LogP contribution in [0.5, 0.6) is 11.5 Å². The molecule has 3 rings (SSSR count). The van der Waals surface area contributed by atoms with Gasteiger partial charge in [-0.2, -0.15) is 0 Å². The molecular formula is C15H22N2O2. The third-order valence-corrected chi connectivity index (χ3v) is 3.99. The van der Waals surface area contributed by atoms with Crippen LogP contribution in [0.15, 0.2) is 12.1 Å². The van der Waals surface area contributed by atoms with Gasteiger partial charge in [0.25, 0.3) is 0 Å². The molecule has 0 amide bonds. The molecule has 1 atom stereocenters. The molecule has 1 aromatic carbocycles. The molecule has 0 radical (unpaired) electrons. The van der Waals surface area contributed by atoms with E-state index in [1.165, 1.54) is 37.9 Å². The molecule has 4 nitrogen and oxygen atoms in total. The second kappa shape index (κ2) is 5.70. The Morgan fingerprint density at radius 3 is 2.95 bits per heavy atom. The number of aryl methyl sites for hydroxylation is 1. The molecule has 4 heteroatoms. The molecule has 1 fully saturated rings. The zero-order valence-electron chi connectivity index (χ0n) is 11.5. The van der Waals surface area contributed by atoms with Crippen LogP contribution in [0.25, 0.3) is 0 Å². The molecule has 0 saturated carbocycles. The summed E-state index contributed by atoms with van der Waals surface area (Å²) >= 11 is 0. The number of fused-ring (bicyclic) bond motifs is 1. The molecule has 2 N–H and O–H groups in total. The lowest BCUT2D eigenvalue weighted by Crippen LogP contribution is -2.30. The van der Waals surface area contributed by atoms with Crippen molar-refractivity contribution in [1.82, 2.24) is 5.32 Å². The second-order valence-electron chi connectivity index (χ2n) is 5.45. The Morgan fingerprint density at radius 2 is 2.16 bits per heavy atom. The van der Waals surface area contributed by atoms with E-state index in [2.05, 4.69) is 23.6 Å². The van der Waals surface area contributed by atoms with Crippen molar-refractivity contribution in [3.8, 4) is 11.5 Å². The van der Waals surface area contributed by atoms with E-state index in [0.717, 1.165) is 29.6 Å². The predicted octanol–water partition coefficient (Wildman–Crippen LogP) is 2.53. The number of hydrogen-bond donors (Lipinski definition) is 2. The summed E-state index contributed by atoms with van der Waals surface area (Å²) in [5.41, 5.74) is 2.37. The highest BCUT2D eigenvalue weighted by atomic mass is 16.7. The lowest BCUT2D eigenvalue weighted by Gasteiger charge is -2.23. The highest BCUT2D eigenvalue weighted by Gasteiger charge is 2.16. The van der Waals surface area contributed by atoms with E-state index in [1.807, 2.05) is 6.07 Å². The van der Waals surface area contributed by atoms with Gasteiger partial charge in [0.15, 0.2) is 11.5 Å². The van der Waals surface area contributed by atoms with Crippen molar-refractivity contribution < 1.29 is 9.47 Å². The molecule has 1 saturated heterocycles. The average molecular weight is 262 g/mol. The molecule has 0 aliphatic carbocycles. The summed E-state index contributed by atoms with van der Waals surface area (Å²) in [6.45, 7) is 5.82. The van der Waals surface area contributed by atoms with E-state index in [9.17, 15) is 0 Å². The molecule has 0 spiro atoms. The van der Waals surface area contributed by atoms with E-state index in [-0.39, 0.29) is 0 Å². The molecule has 2 heterocycles. The molecule has 2 aliphatic rings. The maximum Gasteiger partial charge on any atom is 0.231 e. The van der Waals surface area contributed by atoms with Gasteiger partial charge in [-0.25, -0.2) is 0 Å². The smallest absolute Gasteiger partial charge is 0.231 e. The minimum absolute atomic E-state index is 0.339. The zero-order valence-corrected chi connectivity index (χ0v) is 11.5. The van der Waals surface area contributed by atoms with Gasteiger partial charge in [0.1, 0.15) is 0 Å². The van der Waals surface area contributed by atoms with E-state index < -0.39 is 0 Å². The fourth-order valence-corrected chi connectivity index (χ4v) is 2.82. The zero-order chi connectivity index (χ0) is 13.1. The number of hydrogen-bond acceptors (Lipinski definition) is 4. The standard InChI is InChI=1S/C15H22N2O2/c1-11-7-14-15(19-10-18-14)8-13(11)17-6-4-12-3-2-5-16-9-12/h7-8,12,16-17H,2-6,9-10H2,1H3. The van der Waals surface area contributed by atoms with Gasteiger partial charge in [-0.3, -0.25) is 0 Å². The third kappa shape index (κ3) is 2.95. The van der Waals surface area contributed by atoms with Crippen molar-refractivity contribution in [3.63, 3.8) is 0 Å². The van der Waals surface area contributed by atoms with Gasteiger partial charge in [0, 0.05) is 18.3 Å². The van der Waals surface area contributed by atoms with Crippen molar-refractivity contribution in [2.24, 2.45) is 5.92 Å². The Hall–Kier alpha value is -1.42. The first-order valence-corrected chi connectivity index (χ1v) is 7.18. The fourth-order valence-electron chi connectivity index (χ4n) is 2.82. The topological polar surface area (TPSA) is 42.5 Å². The number of benzene rings is 1. The summed E-state index contributed by atoms with van der Waals surface area (Å²) in [7, 11) is 0. The third-order valence-electron chi connectivity index (χ3n) is 3.99. The minimum atomic E-state index is 0.339. The van der Waals surface area contributed by atoms with Crippen LogP contribution >= 0.6 is 0 Å². The Kier molecular flexibility index (Phi) is 3.78. The van der Waals surface area contributed by atoms with Crippen LogP contribution in [0, 0.1) is 12.8 Å². The Balaban J connectivity index is 1.54. The molecular weight excluding hydrogens is 240 g/mol. The molecule has 1 aromatic rings. The van der Waals surface area contributed by atoms with E-state index in [0.29, 0.717) is 6.79 Å². The number of nitrogens with one attached hydrogen (secondary N) is 2. The largest absolute Gasteiger partial charge is 0.454 e. The SMILES string of the molecule is Cc1cc2c(cc1NCCC1CCCNC1)OCO2. The second-order valence-corrected chi connectivity index (χ2v) is 5.45. The summed E-state index contributed by atoms with van der Waals surface area (Å²) in [4.78, 5) is 0. The minimum Gasteiger partial charge on any atom is -0.454 e. The van der Waals surface area contributed by atoms with E-state index >= 15 is 0 Å². The van der Waals surface area contributed by atoms with Crippen molar-refractivity contribution in [2.75, 3.05) is 31.7 Å². The van der Waals surface area contributed by atoms with Gasteiger partial charge in [0.2, 0.25) is 6.79 Å². The van der Waals surface area contributed by atoms with Crippen LogP contribution in [0.1, 0.15) is 24.8 Å². The van der Waals surface area contributed by atoms with Crippen LogP contribution in [-0.4, -0.2) is 26.4 Å². The van der Waals surface area contributed by atoms with Crippen molar-refractivity contribution >= 4 is 5.69 Å². The maximum atomic E-state index is 5.42. The van der Waals surface area contributed by atoms with Crippen LogP contribution in [0.4, 0.5) is 5.69 Å². The molecule has 0 aromatic heterocycles. The highest BCUT2D eigenvalue weighted by Crippen LogP contribution is 2.36. The van der Waals surface area contributed by atoms with Gasteiger partial charge in [-0.1, -0.05) is 0 Å². The normalized spacial score (nSPS) is 21.4. The fraction of sp³-hybridized carbons (Fsp3) is 0.600. The number of piperidine rings is 1. The monoisotopic (exact) mass is 262 g/mol. The van der Waals surface area contributed by atoms with Crippen LogP contribution in [0.3, 0.4) is 0 Å². The van der Waals surface area contributed by atoms with Crippen LogP contribution < -0.4 is 20.1 Å². The Bertz CT molecular complexity index is 442. The number of anilines is 1. The molecule has 0 bridgehead atoms. The van der Waals surface area contributed by atoms with Gasteiger partial charge in [-0.05, 0) is 56.8 Å². The van der Waals surface area contributed by atoms with E-state index in [4.69, 9.17) is 9.47 Å². The Labute approximate surface area is 114 Å². The van der Waals surface area contributed by atoms with Crippen molar-refractivity contribution in [3.05, 3.63) is 17.7 Å². The first kappa shape index (κ1) is 12.6. The molecule has 19 heavy (non-hydrogen) atoms. The average Bonchev–Trinajstić information content (AvgIpc) is 2.87. The van der Waals surface area contributed by atoms with Gasteiger partial charge in [-0.15, -0.1) is 0 Å². The highest BCUT2D eigenvalue weighted by molar-refractivity contribution is 5.60. The molecule has 2 aliphatic heterocycles. The lowest BCUT2D eigenvalue weighted by molar-refractivity contribution is 0.174. The molecule has 1 unspecified atom stereocenters. The van der Waals surface area contributed by atoms with Crippen LogP contribution in [0.2, 0.25) is 0 Å². The quantitative estimate of drug-likeness (QED) is 0.875. The number of ether oxygens (including phenoxy) is 2. The summed E-state index contributed by atoms with van der Waals surface area (Å²) in [5, 5.41) is 6.99. The predicted molar refractivity (Wildman–Crippen MR) is 76.0 cm³/mol. The maximum absolute atomic E-state index is 5.42. The summed E-state index contributed by atoms with van der Waals surface area (Å²) in [6.07, 6.45) is 3.89. The summed E-state index contributed by atoms with van der Waals surface area (Å²) in [6, 6.07) is 4.10. The summed E-state index contributed by atoms with van der Waals surface area (Å²) < 4.78 is 10.8. The summed E-state index contributed by atoms with van der Waals surface area (Å²) in [5.74, 6) is 2.53. The van der Waals surface area contributed by atoms with E-state index in [1.54, 1.807) is 0 Å². The van der Waals surface area contributed by atoms with Crippen LogP contribution in [-0.2, 0) is 0 Å². The van der Waals surface area contributed by atoms with Gasteiger partial charge in [0.05, 0.1) is 0 Å². The number of rotatable bonds is 4. The van der Waals surface area contributed by atoms with Crippen molar-refractivity contribution in [2.45, 2.75) is 26.2 Å².